The lowest BCUT2D eigenvalue weighted by Gasteiger charge is -2.34. The van der Waals surface area contributed by atoms with E-state index in [9.17, 15) is 18.5 Å². The van der Waals surface area contributed by atoms with Gasteiger partial charge in [0.05, 0.1) is 10.5 Å². The van der Waals surface area contributed by atoms with Gasteiger partial charge in [-0.2, -0.15) is 9.71 Å². The summed E-state index contributed by atoms with van der Waals surface area (Å²) in [4.78, 5) is 14.3. The second-order valence-electron chi connectivity index (χ2n) is 6.11. The molecule has 1 N–H and O–H groups in total. The van der Waals surface area contributed by atoms with E-state index >= 15 is 0 Å². The fourth-order valence-electron chi connectivity index (χ4n) is 3.17. The molecule has 0 saturated heterocycles. The summed E-state index contributed by atoms with van der Waals surface area (Å²) in [6, 6.07) is 5.27. The molecule has 3 rings (SSSR count). The summed E-state index contributed by atoms with van der Waals surface area (Å²) >= 11 is 0. The molecule has 0 radical (unpaired) electrons. The fourth-order valence-corrected chi connectivity index (χ4v) is 4.76. The first-order chi connectivity index (χ1) is 11.8. The third-order valence-corrected chi connectivity index (χ3v) is 5.93. The van der Waals surface area contributed by atoms with E-state index in [1.54, 1.807) is 6.92 Å². The Kier molecular flexibility index (Phi) is 4.56. The SMILES string of the molecule is Cc1nc(C2(NS(=O)(=O)c3ccccc3[N+](=O)[O-])CCCCC2)no1. The van der Waals surface area contributed by atoms with Crippen LogP contribution in [0.5, 0.6) is 0 Å². The molecule has 1 heterocycles. The Hall–Kier alpha value is -2.33. The summed E-state index contributed by atoms with van der Waals surface area (Å²) in [6.07, 6.45) is 3.59. The molecule has 0 aliphatic heterocycles. The van der Waals surface area contributed by atoms with Gasteiger partial charge in [-0.15, -0.1) is 0 Å². The number of hydrogen-bond donors (Lipinski definition) is 1. The molecule has 1 aromatic heterocycles. The summed E-state index contributed by atoms with van der Waals surface area (Å²) in [6.45, 7) is 1.63. The number of benzene rings is 1. The first kappa shape index (κ1) is 17.5. The van der Waals surface area contributed by atoms with E-state index in [1.165, 1.54) is 24.3 Å². The van der Waals surface area contributed by atoms with Crippen LogP contribution in [0.3, 0.4) is 0 Å². The van der Waals surface area contributed by atoms with Crippen molar-refractivity contribution in [2.45, 2.75) is 49.5 Å². The highest BCUT2D eigenvalue weighted by atomic mass is 32.2. The van der Waals surface area contributed by atoms with E-state index < -0.39 is 26.2 Å². The van der Waals surface area contributed by atoms with Crippen LogP contribution in [-0.4, -0.2) is 23.5 Å². The molecular weight excluding hydrogens is 348 g/mol. The van der Waals surface area contributed by atoms with Crippen LogP contribution in [0.4, 0.5) is 5.69 Å². The van der Waals surface area contributed by atoms with Crippen LogP contribution < -0.4 is 4.72 Å². The van der Waals surface area contributed by atoms with Crippen LogP contribution in [0.1, 0.15) is 43.8 Å². The molecule has 1 aliphatic carbocycles. The normalized spacial score (nSPS) is 17.3. The molecule has 0 unspecified atom stereocenters. The molecule has 1 fully saturated rings. The number of aromatic nitrogens is 2. The van der Waals surface area contributed by atoms with Gasteiger partial charge in [-0.05, 0) is 18.9 Å². The predicted octanol–water partition coefficient (Wildman–Crippen LogP) is 2.42. The van der Waals surface area contributed by atoms with Crippen molar-refractivity contribution >= 4 is 15.7 Å². The third kappa shape index (κ3) is 3.40. The van der Waals surface area contributed by atoms with E-state index in [1.807, 2.05) is 0 Å². The number of hydrogen-bond acceptors (Lipinski definition) is 7. The zero-order chi connectivity index (χ0) is 18.1. The van der Waals surface area contributed by atoms with Gasteiger partial charge >= 0.3 is 0 Å². The van der Waals surface area contributed by atoms with Crippen LogP contribution in [0, 0.1) is 17.0 Å². The van der Waals surface area contributed by atoms with E-state index in [-0.39, 0.29) is 10.7 Å². The first-order valence-electron chi connectivity index (χ1n) is 7.92. The van der Waals surface area contributed by atoms with Gasteiger partial charge in [0.15, 0.2) is 10.7 Å². The number of para-hydroxylation sites is 1. The van der Waals surface area contributed by atoms with Crippen LogP contribution in [-0.2, 0) is 15.6 Å². The molecule has 1 saturated carbocycles. The van der Waals surface area contributed by atoms with Crippen molar-refractivity contribution in [1.29, 1.82) is 0 Å². The van der Waals surface area contributed by atoms with Gasteiger partial charge in [0, 0.05) is 13.0 Å². The predicted molar refractivity (Wildman–Crippen MR) is 87.2 cm³/mol. The van der Waals surface area contributed by atoms with Crippen LogP contribution >= 0.6 is 0 Å². The fraction of sp³-hybridized carbons (Fsp3) is 0.467. The number of nitro benzene ring substituents is 1. The van der Waals surface area contributed by atoms with Crippen LogP contribution in [0.2, 0.25) is 0 Å². The summed E-state index contributed by atoms with van der Waals surface area (Å²) < 4.78 is 33.5. The number of sulfonamides is 1. The Bertz CT molecular complexity index is 887. The largest absolute Gasteiger partial charge is 0.340 e. The monoisotopic (exact) mass is 366 g/mol. The Labute approximate surface area is 144 Å². The second kappa shape index (κ2) is 6.52. The maximum atomic E-state index is 12.9. The van der Waals surface area contributed by atoms with E-state index in [4.69, 9.17) is 4.52 Å². The van der Waals surface area contributed by atoms with Gasteiger partial charge in [-0.25, -0.2) is 8.42 Å². The molecule has 1 aromatic carbocycles. The van der Waals surface area contributed by atoms with E-state index in [2.05, 4.69) is 14.9 Å². The minimum absolute atomic E-state index is 0.270. The molecule has 10 heteroatoms. The smallest absolute Gasteiger partial charge is 0.289 e. The second-order valence-corrected chi connectivity index (χ2v) is 7.76. The molecule has 25 heavy (non-hydrogen) atoms. The van der Waals surface area contributed by atoms with Crippen molar-refractivity contribution in [2.75, 3.05) is 0 Å². The summed E-state index contributed by atoms with van der Waals surface area (Å²) in [5.41, 5.74) is -1.48. The molecule has 134 valence electrons. The molecule has 9 nitrogen and oxygen atoms in total. The van der Waals surface area contributed by atoms with Crippen molar-refractivity contribution in [3.63, 3.8) is 0 Å². The van der Waals surface area contributed by atoms with Gasteiger partial charge < -0.3 is 4.52 Å². The summed E-state index contributed by atoms with van der Waals surface area (Å²) in [7, 11) is -4.15. The van der Waals surface area contributed by atoms with E-state index in [0.29, 0.717) is 18.7 Å². The lowest BCUT2D eigenvalue weighted by molar-refractivity contribution is -0.387. The van der Waals surface area contributed by atoms with Crippen molar-refractivity contribution in [2.24, 2.45) is 0 Å². The highest BCUT2D eigenvalue weighted by Gasteiger charge is 2.43. The molecule has 0 spiro atoms. The summed E-state index contributed by atoms with van der Waals surface area (Å²) in [5.74, 6) is 0.608. The highest BCUT2D eigenvalue weighted by Crippen LogP contribution is 2.37. The Morgan fingerprint density at radius 2 is 1.92 bits per heavy atom. The minimum Gasteiger partial charge on any atom is -0.340 e. The average Bonchev–Trinajstić information content (AvgIpc) is 3.02. The molecule has 1 aliphatic rings. The Morgan fingerprint density at radius 1 is 1.24 bits per heavy atom. The third-order valence-electron chi connectivity index (χ3n) is 4.34. The molecule has 0 bridgehead atoms. The zero-order valence-electron chi connectivity index (χ0n) is 13.6. The number of aryl methyl sites for hydroxylation is 1. The van der Waals surface area contributed by atoms with Crippen LogP contribution in [0.25, 0.3) is 0 Å². The van der Waals surface area contributed by atoms with Crippen molar-refractivity contribution in [1.82, 2.24) is 14.9 Å². The number of nitro groups is 1. The lowest BCUT2D eigenvalue weighted by atomic mass is 9.82. The first-order valence-corrected chi connectivity index (χ1v) is 9.41. The van der Waals surface area contributed by atoms with Gasteiger partial charge in [0.2, 0.25) is 15.9 Å². The van der Waals surface area contributed by atoms with Crippen molar-refractivity contribution in [3.8, 4) is 0 Å². The maximum Gasteiger partial charge on any atom is 0.289 e. The number of nitrogens with zero attached hydrogens (tertiary/aromatic N) is 3. The Morgan fingerprint density at radius 3 is 2.52 bits per heavy atom. The van der Waals surface area contributed by atoms with E-state index in [0.717, 1.165) is 19.3 Å². The van der Waals surface area contributed by atoms with Crippen molar-refractivity contribution in [3.05, 3.63) is 46.1 Å². The molecule has 0 amide bonds. The van der Waals surface area contributed by atoms with Gasteiger partial charge in [0.1, 0.15) is 0 Å². The number of nitrogens with one attached hydrogen (secondary N) is 1. The highest BCUT2D eigenvalue weighted by molar-refractivity contribution is 7.89. The maximum absolute atomic E-state index is 12.9. The Balaban J connectivity index is 2.04. The number of rotatable bonds is 5. The molecule has 0 atom stereocenters. The topological polar surface area (TPSA) is 128 Å². The zero-order valence-corrected chi connectivity index (χ0v) is 14.5. The average molecular weight is 366 g/mol. The lowest BCUT2D eigenvalue weighted by Crippen LogP contribution is -2.48. The van der Waals surface area contributed by atoms with Crippen molar-refractivity contribution < 1.29 is 17.9 Å². The quantitative estimate of drug-likeness (QED) is 0.635. The standard InChI is InChI=1S/C15H18N4O5S/c1-11-16-14(17-24-11)15(9-5-2-6-10-15)18-25(22,23)13-8-4-3-7-12(13)19(20)21/h3-4,7-8,18H,2,5-6,9-10H2,1H3. The molecular formula is C15H18N4O5S. The van der Waals surface area contributed by atoms with Gasteiger partial charge in [-0.3, -0.25) is 10.1 Å². The van der Waals surface area contributed by atoms with Crippen LogP contribution in [0.15, 0.2) is 33.7 Å². The van der Waals surface area contributed by atoms with Gasteiger partial charge in [-0.1, -0.05) is 36.6 Å². The van der Waals surface area contributed by atoms with Gasteiger partial charge in [0.25, 0.3) is 5.69 Å². The summed E-state index contributed by atoms with van der Waals surface area (Å²) in [5, 5.41) is 15.1. The molecule has 2 aromatic rings. The minimum atomic E-state index is -4.15.